The molecule has 10 nitrogen and oxygen atoms in total. The van der Waals surface area contributed by atoms with Gasteiger partial charge in [0, 0.05) is 52.4 Å². The maximum atomic E-state index is 12.2. The van der Waals surface area contributed by atoms with Gasteiger partial charge in [0.05, 0.1) is 13.2 Å². The van der Waals surface area contributed by atoms with E-state index in [0.717, 1.165) is 5.46 Å². The van der Waals surface area contributed by atoms with E-state index in [9.17, 15) is 9.59 Å². The molecule has 1 aromatic carbocycles. The van der Waals surface area contributed by atoms with Crippen LogP contribution in [0.15, 0.2) is 30.3 Å². The summed E-state index contributed by atoms with van der Waals surface area (Å²) >= 11 is 0. The summed E-state index contributed by atoms with van der Waals surface area (Å²) in [5.74, 6) is 0.611. The van der Waals surface area contributed by atoms with E-state index >= 15 is 0 Å². The number of hydrogen-bond donors (Lipinski definition) is 0. The van der Waals surface area contributed by atoms with Crippen molar-refractivity contribution in [1.29, 1.82) is 0 Å². The van der Waals surface area contributed by atoms with Gasteiger partial charge in [-0.05, 0) is 17.3 Å². The number of carbonyl (C=O) groups is 2. The molecule has 2 aliphatic heterocycles. The minimum atomic E-state index is -0.630. The predicted molar refractivity (Wildman–Crippen MR) is 133 cm³/mol. The topological polar surface area (TPSA) is 84.0 Å². The number of benzene rings is 1. The summed E-state index contributed by atoms with van der Waals surface area (Å²) in [6.07, 6.45) is -0.557. The van der Waals surface area contributed by atoms with Crippen LogP contribution in [0.4, 0.5) is 9.59 Å². The minimum absolute atomic E-state index is 0.279. The van der Waals surface area contributed by atoms with Crippen molar-refractivity contribution in [2.75, 3.05) is 65.6 Å². The van der Waals surface area contributed by atoms with E-state index in [-0.39, 0.29) is 12.2 Å². The second-order valence-corrected chi connectivity index (χ2v) is 9.73. The molecule has 0 aliphatic carbocycles. The predicted octanol–water partition coefficient (Wildman–Crippen LogP) is 2.07. The summed E-state index contributed by atoms with van der Waals surface area (Å²) in [4.78, 5) is 27.9. The molecule has 35 heavy (non-hydrogen) atoms. The third-order valence-electron chi connectivity index (χ3n) is 5.64. The van der Waals surface area contributed by atoms with Crippen LogP contribution in [-0.4, -0.2) is 105 Å². The second-order valence-electron chi connectivity index (χ2n) is 9.73. The highest BCUT2D eigenvalue weighted by Crippen LogP contribution is 2.11. The van der Waals surface area contributed by atoms with Gasteiger partial charge in [0.2, 0.25) is 0 Å². The fraction of sp³-hybridized carbons (Fsp3) is 0.667. The van der Waals surface area contributed by atoms with Crippen LogP contribution in [-0.2, 0) is 19.0 Å². The zero-order valence-corrected chi connectivity index (χ0v) is 21.4. The lowest BCUT2D eigenvalue weighted by atomic mass is 9.80. The third kappa shape index (κ3) is 8.99. The summed E-state index contributed by atoms with van der Waals surface area (Å²) in [6.45, 7) is 13.2. The van der Waals surface area contributed by atoms with E-state index < -0.39 is 7.12 Å². The molecule has 2 saturated heterocycles. The summed E-state index contributed by atoms with van der Waals surface area (Å²) < 4.78 is 23.1. The van der Waals surface area contributed by atoms with Gasteiger partial charge in [-0.25, -0.2) is 9.59 Å². The molecule has 0 saturated carbocycles. The number of piperazine rings is 2. The first kappa shape index (κ1) is 27.3. The number of nitrogens with zero attached hydrogens (tertiary/aromatic N) is 4. The van der Waals surface area contributed by atoms with Crippen molar-refractivity contribution < 1.29 is 28.6 Å². The Hall–Kier alpha value is -2.34. The number of amides is 2. The van der Waals surface area contributed by atoms with Gasteiger partial charge in [0.1, 0.15) is 0 Å². The fourth-order valence-electron chi connectivity index (χ4n) is 3.63. The van der Waals surface area contributed by atoms with Crippen molar-refractivity contribution in [3.8, 4) is 0 Å². The molecular formula is C24H39BN4O6. The standard InChI is InChI=1S/C24H39BN4O6/c1-20(2)18-32-23(30)26-10-14-28(15-11-26)34-25(22-8-6-5-7-9-22)35-29-16-12-27(13-17-29)24(31)33-19-21(3)4/h5-9,20-21H,10-19H2,1-4H3. The molecule has 3 rings (SSSR count). The molecule has 0 atom stereocenters. The molecule has 2 amide bonds. The normalized spacial score (nSPS) is 17.7. The molecule has 2 fully saturated rings. The number of rotatable bonds is 9. The lowest BCUT2D eigenvalue weighted by Gasteiger charge is -2.37. The summed E-state index contributed by atoms with van der Waals surface area (Å²) in [6, 6.07) is 9.76. The molecule has 0 radical (unpaired) electrons. The molecule has 2 aliphatic rings. The summed E-state index contributed by atoms with van der Waals surface area (Å²) in [5, 5.41) is 3.67. The molecular weight excluding hydrogens is 451 g/mol. The average molecular weight is 490 g/mol. The minimum Gasteiger partial charge on any atom is -0.449 e. The molecule has 0 N–H and O–H groups in total. The highest BCUT2D eigenvalue weighted by molar-refractivity contribution is 6.61. The van der Waals surface area contributed by atoms with Crippen LogP contribution < -0.4 is 5.46 Å². The molecule has 0 bridgehead atoms. The molecule has 2 heterocycles. The first-order chi connectivity index (χ1) is 16.8. The Bertz CT molecular complexity index is 737. The SMILES string of the molecule is CC(C)COC(=O)N1CCN(OB(ON2CCN(C(=O)OCC(C)C)CC2)c2ccccc2)CC1. The molecule has 0 aromatic heterocycles. The van der Waals surface area contributed by atoms with E-state index in [4.69, 9.17) is 19.0 Å². The Morgan fingerprint density at radius 2 is 1.11 bits per heavy atom. The van der Waals surface area contributed by atoms with Crippen LogP contribution in [0.25, 0.3) is 0 Å². The average Bonchev–Trinajstić information content (AvgIpc) is 2.86. The van der Waals surface area contributed by atoms with Crippen molar-refractivity contribution in [2.45, 2.75) is 27.7 Å². The number of hydroxylamine groups is 4. The van der Waals surface area contributed by atoms with Crippen molar-refractivity contribution >= 4 is 24.8 Å². The third-order valence-corrected chi connectivity index (χ3v) is 5.64. The van der Waals surface area contributed by atoms with E-state index in [0.29, 0.717) is 77.4 Å². The van der Waals surface area contributed by atoms with E-state index in [1.165, 1.54) is 0 Å². The summed E-state index contributed by atoms with van der Waals surface area (Å²) in [7, 11) is -0.630. The van der Waals surface area contributed by atoms with Crippen LogP contribution in [0.1, 0.15) is 27.7 Å². The molecule has 0 spiro atoms. The van der Waals surface area contributed by atoms with Gasteiger partial charge in [-0.1, -0.05) is 58.0 Å². The molecule has 1 aromatic rings. The zero-order valence-electron chi connectivity index (χ0n) is 21.4. The highest BCUT2D eigenvalue weighted by atomic mass is 16.8. The van der Waals surface area contributed by atoms with E-state index in [1.807, 2.05) is 68.2 Å². The maximum absolute atomic E-state index is 12.2. The largest absolute Gasteiger partial charge is 0.528 e. The van der Waals surface area contributed by atoms with Crippen LogP contribution in [0.3, 0.4) is 0 Å². The van der Waals surface area contributed by atoms with Gasteiger partial charge in [-0.15, -0.1) is 0 Å². The van der Waals surface area contributed by atoms with Crippen molar-refractivity contribution in [1.82, 2.24) is 19.9 Å². The monoisotopic (exact) mass is 490 g/mol. The quantitative estimate of drug-likeness (QED) is 0.487. The van der Waals surface area contributed by atoms with Gasteiger partial charge in [0.25, 0.3) is 0 Å². The Balaban J connectivity index is 1.50. The van der Waals surface area contributed by atoms with Crippen molar-refractivity contribution in [2.24, 2.45) is 11.8 Å². The Morgan fingerprint density at radius 1 is 0.714 bits per heavy atom. The van der Waals surface area contributed by atoms with Crippen LogP contribution in [0.5, 0.6) is 0 Å². The van der Waals surface area contributed by atoms with Crippen molar-refractivity contribution in [3.05, 3.63) is 30.3 Å². The van der Waals surface area contributed by atoms with E-state index in [1.54, 1.807) is 9.80 Å². The molecule has 11 heteroatoms. The first-order valence-electron chi connectivity index (χ1n) is 12.5. The summed E-state index contributed by atoms with van der Waals surface area (Å²) in [5.41, 5.74) is 0.894. The van der Waals surface area contributed by atoms with Gasteiger partial charge in [-0.3, -0.25) is 0 Å². The van der Waals surface area contributed by atoms with Crippen LogP contribution >= 0.6 is 0 Å². The Kier molecular flexibility index (Phi) is 10.6. The zero-order chi connectivity index (χ0) is 25.2. The Morgan fingerprint density at radius 3 is 1.49 bits per heavy atom. The lowest BCUT2D eigenvalue weighted by molar-refractivity contribution is -0.153. The molecule has 0 unspecified atom stereocenters. The van der Waals surface area contributed by atoms with Crippen molar-refractivity contribution in [3.63, 3.8) is 0 Å². The van der Waals surface area contributed by atoms with Gasteiger partial charge >= 0.3 is 19.3 Å². The number of ether oxygens (including phenoxy) is 2. The molecule has 194 valence electrons. The van der Waals surface area contributed by atoms with Gasteiger partial charge < -0.3 is 28.8 Å². The van der Waals surface area contributed by atoms with Gasteiger partial charge in [0.15, 0.2) is 0 Å². The second kappa shape index (κ2) is 13.7. The lowest BCUT2D eigenvalue weighted by Crippen LogP contribution is -2.56. The van der Waals surface area contributed by atoms with E-state index in [2.05, 4.69) is 0 Å². The number of hydrogen-bond acceptors (Lipinski definition) is 8. The first-order valence-corrected chi connectivity index (χ1v) is 12.5. The number of carbonyl (C=O) groups excluding carboxylic acids is 2. The smallest absolute Gasteiger partial charge is 0.449 e. The maximum Gasteiger partial charge on any atom is 0.528 e. The Labute approximate surface area is 209 Å². The van der Waals surface area contributed by atoms with Crippen LogP contribution in [0, 0.1) is 11.8 Å². The fourth-order valence-corrected chi connectivity index (χ4v) is 3.63. The van der Waals surface area contributed by atoms with Gasteiger partial charge in [-0.2, -0.15) is 10.1 Å². The highest BCUT2D eigenvalue weighted by Gasteiger charge is 2.33. The van der Waals surface area contributed by atoms with Crippen LogP contribution in [0.2, 0.25) is 0 Å².